The molecule has 0 atom stereocenters. The van der Waals surface area contributed by atoms with Gasteiger partial charge in [0.25, 0.3) is 0 Å². The number of ether oxygens (including phenoxy) is 2. The number of rotatable bonds is 7. The maximum Gasteiger partial charge on any atom is 0.134 e. The highest BCUT2D eigenvalue weighted by Gasteiger charge is 2.03. The van der Waals surface area contributed by atoms with Crippen LogP contribution in [0.1, 0.15) is 12.8 Å². The predicted molar refractivity (Wildman–Crippen MR) is 50.6 cm³/mol. The maximum absolute atomic E-state index is 5.09. The summed E-state index contributed by atoms with van der Waals surface area (Å²) in [5.41, 5.74) is 0. The Balaban J connectivity index is 3.13. The Hall–Kier alpha value is -0.123. The fraction of sp³-hybridized carbons (Fsp3) is 0.750. The van der Waals surface area contributed by atoms with Crippen LogP contribution >= 0.6 is 0 Å². The highest BCUT2D eigenvalue weighted by Crippen LogP contribution is 1.99. The van der Waals surface area contributed by atoms with Crippen molar-refractivity contribution in [2.45, 2.75) is 24.8 Å². The van der Waals surface area contributed by atoms with E-state index in [1.54, 1.807) is 14.2 Å². The Labute approximate surface area is 71.4 Å². The smallest absolute Gasteiger partial charge is 0.134 e. The van der Waals surface area contributed by atoms with E-state index < -0.39 is 0 Å². The van der Waals surface area contributed by atoms with E-state index in [-0.39, 0.29) is 15.4 Å². The van der Waals surface area contributed by atoms with Gasteiger partial charge < -0.3 is 9.47 Å². The summed E-state index contributed by atoms with van der Waals surface area (Å²) < 4.78 is 10.2. The predicted octanol–water partition coefficient (Wildman–Crippen LogP) is 1.12. The zero-order valence-corrected chi connectivity index (χ0v) is 8.92. The minimum Gasteiger partial charge on any atom is -0.360 e. The molecule has 0 unspecified atom stereocenters. The molecule has 11 heavy (non-hydrogen) atoms. The van der Waals surface area contributed by atoms with E-state index in [1.165, 1.54) is 12.5 Å². The molecule has 0 heterocycles. The molecule has 0 rings (SSSR count). The Bertz CT molecular complexity index is 92.1. The van der Waals surface area contributed by atoms with Gasteiger partial charge >= 0.3 is 0 Å². The fourth-order valence-corrected chi connectivity index (χ4v) is 2.31. The lowest BCUT2D eigenvalue weighted by Crippen LogP contribution is -2.20. The zero-order valence-electron chi connectivity index (χ0n) is 7.51. The first-order valence-corrected chi connectivity index (χ1v) is 5.83. The summed E-state index contributed by atoms with van der Waals surface area (Å²) in [4.78, 5) is 0. The molecule has 0 N–H and O–H groups in total. The second-order valence-corrected chi connectivity index (χ2v) is 4.43. The molecule has 0 fully saturated rings. The van der Waals surface area contributed by atoms with Crippen molar-refractivity contribution in [3.8, 4) is 0 Å². The van der Waals surface area contributed by atoms with Gasteiger partial charge in [0.15, 0.2) is 0 Å². The minimum atomic E-state index is -0.187. The third kappa shape index (κ3) is 6.28. The Morgan fingerprint density at radius 3 is 2.55 bits per heavy atom. The molecular formula is C8H18O2Si. The van der Waals surface area contributed by atoms with Gasteiger partial charge in [-0.2, -0.15) is 0 Å². The molecule has 0 aromatic heterocycles. The van der Waals surface area contributed by atoms with E-state index >= 15 is 0 Å². The van der Waals surface area contributed by atoms with Gasteiger partial charge in [0.1, 0.15) is 5.91 Å². The highest BCUT2D eigenvalue weighted by molar-refractivity contribution is 6.36. The first-order valence-electron chi connectivity index (χ1n) is 4.01. The molecule has 0 amide bonds. The average molecular weight is 174 g/mol. The third-order valence-electron chi connectivity index (χ3n) is 1.62. The second kappa shape index (κ2) is 7.98. The van der Waals surface area contributed by atoms with Gasteiger partial charge in [-0.25, -0.2) is 0 Å². The van der Waals surface area contributed by atoms with Gasteiger partial charge in [-0.15, -0.1) is 6.58 Å². The minimum absolute atomic E-state index is 0.111. The molecule has 0 aromatic carbocycles. The summed E-state index contributed by atoms with van der Waals surface area (Å²) in [6.45, 7) is 3.67. The van der Waals surface area contributed by atoms with Gasteiger partial charge in [-0.05, 0) is 6.42 Å². The quantitative estimate of drug-likeness (QED) is 0.249. The standard InChI is InChI=1S/C8H18O2Si/c1-4-5-6-7-11-8(9-2)10-3/h4,8H,1,5-7,11H2,2-3H3. The van der Waals surface area contributed by atoms with Crippen molar-refractivity contribution in [3.05, 3.63) is 12.7 Å². The number of unbranched alkanes of at least 4 members (excludes halogenated alkanes) is 1. The molecular weight excluding hydrogens is 156 g/mol. The SMILES string of the molecule is C=CCCC[SiH2]C(OC)OC. The lowest BCUT2D eigenvalue weighted by atomic mass is 10.3. The van der Waals surface area contributed by atoms with Crippen molar-refractivity contribution in [1.82, 2.24) is 0 Å². The van der Waals surface area contributed by atoms with Crippen LogP contribution in [0.3, 0.4) is 0 Å². The summed E-state index contributed by atoms with van der Waals surface area (Å²) in [6, 6.07) is 1.28. The van der Waals surface area contributed by atoms with Crippen molar-refractivity contribution >= 4 is 9.52 Å². The molecule has 0 spiro atoms. The van der Waals surface area contributed by atoms with Crippen LogP contribution < -0.4 is 0 Å². The van der Waals surface area contributed by atoms with Gasteiger partial charge in [-0.1, -0.05) is 18.5 Å². The monoisotopic (exact) mass is 174 g/mol. The van der Waals surface area contributed by atoms with Gasteiger partial charge in [0, 0.05) is 14.2 Å². The van der Waals surface area contributed by atoms with Crippen LogP contribution in [0.25, 0.3) is 0 Å². The summed E-state index contributed by atoms with van der Waals surface area (Å²) >= 11 is 0. The lowest BCUT2D eigenvalue weighted by molar-refractivity contribution is -0.0441. The molecule has 0 aliphatic rings. The Morgan fingerprint density at radius 1 is 1.45 bits per heavy atom. The van der Waals surface area contributed by atoms with E-state index in [1.807, 2.05) is 6.08 Å². The van der Waals surface area contributed by atoms with Gasteiger partial charge in [0.05, 0.1) is 9.52 Å². The lowest BCUT2D eigenvalue weighted by Gasteiger charge is -2.11. The van der Waals surface area contributed by atoms with E-state index in [9.17, 15) is 0 Å². The molecule has 0 saturated heterocycles. The van der Waals surface area contributed by atoms with Crippen LogP contribution in [-0.4, -0.2) is 29.7 Å². The van der Waals surface area contributed by atoms with Gasteiger partial charge in [-0.3, -0.25) is 0 Å². The molecule has 0 saturated carbocycles. The number of hydrogen-bond donors (Lipinski definition) is 0. The summed E-state index contributed by atoms with van der Waals surface area (Å²) in [7, 11) is 3.22. The van der Waals surface area contributed by atoms with Crippen LogP contribution in [0.2, 0.25) is 6.04 Å². The molecule has 0 aliphatic heterocycles. The van der Waals surface area contributed by atoms with Gasteiger partial charge in [0.2, 0.25) is 0 Å². The van der Waals surface area contributed by atoms with Crippen molar-refractivity contribution < 1.29 is 9.47 Å². The highest BCUT2D eigenvalue weighted by atomic mass is 28.2. The molecule has 2 nitrogen and oxygen atoms in total. The van der Waals surface area contributed by atoms with E-state index in [0.29, 0.717) is 0 Å². The third-order valence-corrected chi connectivity index (χ3v) is 3.67. The zero-order chi connectivity index (χ0) is 8.53. The average Bonchev–Trinajstić information content (AvgIpc) is 2.05. The van der Waals surface area contributed by atoms with Crippen LogP contribution in [-0.2, 0) is 9.47 Å². The summed E-state index contributed by atoms with van der Waals surface area (Å²) in [5, 5.41) is 0. The Morgan fingerprint density at radius 2 is 2.09 bits per heavy atom. The maximum atomic E-state index is 5.09. The number of methoxy groups -OCH3 is 2. The van der Waals surface area contributed by atoms with E-state index in [4.69, 9.17) is 9.47 Å². The van der Waals surface area contributed by atoms with E-state index in [2.05, 4.69) is 6.58 Å². The molecule has 0 aliphatic carbocycles. The van der Waals surface area contributed by atoms with Crippen LogP contribution in [0.5, 0.6) is 0 Å². The molecule has 0 aromatic rings. The van der Waals surface area contributed by atoms with Crippen LogP contribution in [0.15, 0.2) is 12.7 Å². The summed E-state index contributed by atoms with van der Waals surface area (Å²) in [6.07, 6.45) is 4.31. The number of hydrogen-bond acceptors (Lipinski definition) is 2. The molecule has 0 radical (unpaired) electrons. The van der Waals surface area contributed by atoms with Crippen LogP contribution in [0, 0.1) is 0 Å². The Kier molecular flexibility index (Phi) is 7.89. The van der Waals surface area contributed by atoms with E-state index in [0.717, 1.165) is 6.42 Å². The van der Waals surface area contributed by atoms with Crippen molar-refractivity contribution in [3.63, 3.8) is 0 Å². The molecule has 3 heteroatoms. The molecule has 66 valence electrons. The van der Waals surface area contributed by atoms with Crippen LogP contribution in [0.4, 0.5) is 0 Å². The van der Waals surface area contributed by atoms with Crippen molar-refractivity contribution in [1.29, 1.82) is 0 Å². The number of allylic oxidation sites excluding steroid dienone is 1. The first kappa shape index (κ1) is 10.9. The topological polar surface area (TPSA) is 18.5 Å². The van der Waals surface area contributed by atoms with Crippen molar-refractivity contribution in [2.75, 3.05) is 14.2 Å². The van der Waals surface area contributed by atoms with Crippen molar-refractivity contribution in [2.24, 2.45) is 0 Å². The second-order valence-electron chi connectivity index (χ2n) is 2.47. The molecule has 0 bridgehead atoms. The summed E-state index contributed by atoms with van der Waals surface area (Å²) in [5.74, 6) is 0.111. The first-order chi connectivity index (χ1) is 5.35. The normalized spacial score (nSPS) is 11.5. The fourth-order valence-electron chi connectivity index (χ4n) is 0.932. The largest absolute Gasteiger partial charge is 0.360 e.